The van der Waals surface area contributed by atoms with Gasteiger partial charge in [0.15, 0.2) is 0 Å². The molecule has 0 spiro atoms. The normalized spacial score (nSPS) is 10.1. The molecule has 0 fully saturated rings. The summed E-state index contributed by atoms with van der Waals surface area (Å²) >= 11 is 0. The number of hydrogen-bond donors (Lipinski definition) is 2. The van der Waals surface area contributed by atoms with Gasteiger partial charge in [0.25, 0.3) is 0 Å². The predicted octanol–water partition coefficient (Wildman–Crippen LogP) is -0.326. The van der Waals surface area contributed by atoms with Gasteiger partial charge in [-0.3, -0.25) is 14.3 Å². The Balaban J connectivity index is 2.93. The van der Waals surface area contributed by atoms with Gasteiger partial charge in [-0.15, -0.1) is 0 Å². The first-order valence-electron chi connectivity index (χ1n) is 3.94. The zero-order chi connectivity index (χ0) is 10.7. The zero-order valence-corrected chi connectivity index (χ0v) is 7.60. The van der Waals surface area contributed by atoms with E-state index in [0.29, 0.717) is 11.3 Å². The van der Waals surface area contributed by atoms with Crippen molar-refractivity contribution in [2.75, 3.05) is 0 Å². The Morgan fingerprint density at radius 1 is 1.36 bits per heavy atom. The second-order valence-corrected chi connectivity index (χ2v) is 2.88. The van der Waals surface area contributed by atoms with E-state index in [1.807, 2.05) is 0 Å². The van der Waals surface area contributed by atoms with Gasteiger partial charge in [0, 0.05) is 12.6 Å². The number of aryl methyl sites for hydroxylation is 1. The number of carboxylic acids is 2. The number of nitrogens with zero attached hydrogens (tertiary/aromatic N) is 2. The lowest BCUT2D eigenvalue weighted by Gasteiger charge is -2.00. The first-order chi connectivity index (χ1) is 6.50. The van der Waals surface area contributed by atoms with Crippen LogP contribution in [0.1, 0.15) is 11.3 Å². The van der Waals surface area contributed by atoms with E-state index in [2.05, 4.69) is 5.10 Å². The molecule has 2 N–H and O–H groups in total. The number of aliphatic carboxylic acids is 2. The van der Waals surface area contributed by atoms with Crippen LogP contribution >= 0.6 is 0 Å². The fraction of sp³-hybridized carbons (Fsp3) is 0.375. The molecular formula is C8H10N2O4. The van der Waals surface area contributed by atoms with Crippen molar-refractivity contribution < 1.29 is 19.8 Å². The van der Waals surface area contributed by atoms with Gasteiger partial charge in [-0.1, -0.05) is 0 Å². The molecule has 0 aliphatic rings. The van der Waals surface area contributed by atoms with Crippen molar-refractivity contribution in [1.82, 2.24) is 9.78 Å². The lowest BCUT2D eigenvalue weighted by Crippen LogP contribution is -2.10. The molecule has 0 atom stereocenters. The van der Waals surface area contributed by atoms with Crippen molar-refractivity contribution in [1.29, 1.82) is 0 Å². The maximum Gasteiger partial charge on any atom is 0.309 e. The van der Waals surface area contributed by atoms with Gasteiger partial charge in [-0.2, -0.15) is 5.10 Å². The first-order valence-corrected chi connectivity index (χ1v) is 3.94. The van der Waals surface area contributed by atoms with Crippen LogP contribution in [0, 0.1) is 0 Å². The quantitative estimate of drug-likeness (QED) is 0.691. The summed E-state index contributed by atoms with van der Waals surface area (Å²) in [7, 11) is 1.59. The highest BCUT2D eigenvalue weighted by Gasteiger charge is 2.14. The van der Waals surface area contributed by atoms with E-state index in [1.165, 1.54) is 10.9 Å². The van der Waals surface area contributed by atoms with Crippen LogP contribution in [0.2, 0.25) is 0 Å². The highest BCUT2D eigenvalue weighted by molar-refractivity contribution is 5.73. The lowest BCUT2D eigenvalue weighted by molar-refractivity contribution is -0.137. The molecule has 76 valence electrons. The molecule has 6 nitrogen and oxygen atoms in total. The van der Waals surface area contributed by atoms with E-state index < -0.39 is 11.9 Å². The summed E-state index contributed by atoms with van der Waals surface area (Å²) < 4.78 is 1.38. The van der Waals surface area contributed by atoms with Crippen LogP contribution in [-0.2, 0) is 29.5 Å². The van der Waals surface area contributed by atoms with Crippen molar-refractivity contribution in [3.63, 3.8) is 0 Å². The van der Waals surface area contributed by atoms with Crippen molar-refractivity contribution >= 4 is 11.9 Å². The largest absolute Gasteiger partial charge is 0.481 e. The number of aromatic nitrogens is 2. The van der Waals surface area contributed by atoms with Crippen LogP contribution in [-0.4, -0.2) is 31.9 Å². The Labute approximate surface area is 79.8 Å². The average molecular weight is 198 g/mol. The molecule has 0 saturated heterocycles. The molecule has 0 aliphatic carbocycles. The van der Waals surface area contributed by atoms with Gasteiger partial charge in [0.05, 0.1) is 24.7 Å². The average Bonchev–Trinajstić information content (AvgIpc) is 2.34. The van der Waals surface area contributed by atoms with Crippen LogP contribution in [0.5, 0.6) is 0 Å². The maximum absolute atomic E-state index is 10.5. The molecule has 0 aliphatic heterocycles. The van der Waals surface area contributed by atoms with Crippen molar-refractivity contribution in [3.05, 3.63) is 17.5 Å². The highest BCUT2D eigenvalue weighted by atomic mass is 16.4. The van der Waals surface area contributed by atoms with Gasteiger partial charge >= 0.3 is 11.9 Å². The van der Waals surface area contributed by atoms with Crippen LogP contribution in [0.25, 0.3) is 0 Å². The molecule has 0 saturated carbocycles. The van der Waals surface area contributed by atoms with Crippen LogP contribution in [0.4, 0.5) is 0 Å². The fourth-order valence-electron chi connectivity index (χ4n) is 1.19. The molecule has 6 heteroatoms. The summed E-state index contributed by atoms with van der Waals surface area (Å²) in [6.07, 6.45) is 0.974. The van der Waals surface area contributed by atoms with Crippen molar-refractivity contribution in [2.45, 2.75) is 12.8 Å². The van der Waals surface area contributed by atoms with E-state index in [1.54, 1.807) is 7.05 Å². The van der Waals surface area contributed by atoms with Gasteiger partial charge in [0.2, 0.25) is 0 Å². The zero-order valence-electron chi connectivity index (χ0n) is 7.60. The number of carbonyl (C=O) groups is 2. The van der Waals surface area contributed by atoms with Crippen molar-refractivity contribution in [2.24, 2.45) is 7.05 Å². The second kappa shape index (κ2) is 3.91. The Morgan fingerprint density at radius 3 is 2.43 bits per heavy atom. The third-order valence-corrected chi connectivity index (χ3v) is 1.81. The van der Waals surface area contributed by atoms with Gasteiger partial charge in [0.1, 0.15) is 0 Å². The van der Waals surface area contributed by atoms with E-state index in [4.69, 9.17) is 10.2 Å². The molecule has 1 aromatic rings. The minimum Gasteiger partial charge on any atom is -0.481 e. The summed E-state index contributed by atoms with van der Waals surface area (Å²) in [5.74, 6) is -2.00. The second-order valence-electron chi connectivity index (χ2n) is 2.88. The standard InChI is InChI=1S/C8H10N2O4/c1-10-6(3-8(13)14)5(4-9-10)2-7(11)12/h4H,2-3H2,1H3,(H,11,12)(H,13,14). The Morgan fingerprint density at radius 2 is 1.93 bits per heavy atom. The fourth-order valence-corrected chi connectivity index (χ4v) is 1.19. The SMILES string of the molecule is Cn1ncc(CC(=O)O)c1CC(=O)O. The maximum atomic E-state index is 10.5. The Bertz CT molecular complexity index is 369. The van der Waals surface area contributed by atoms with Crippen LogP contribution in [0.3, 0.4) is 0 Å². The molecular weight excluding hydrogens is 188 g/mol. The van der Waals surface area contributed by atoms with Gasteiger partial charge in [-0.05, 0) is 0 Å². The Kier molecular flexibility index (Phi) is 2.85. The third-order valence-electron chi connectivity index (χ3n) is 1.81. The number of rotatable bonds is 4. The summed E-state index contributed by atoms with van der Waals surface area (Å²) in [4.78, 5) is 20.9. The topological polar surface area (TPSA) is 92.4 Å². The Hall–Kier alpha value is -1.85. The molecule has 0 bridgehead atoms. The minimum atomic E-state index is -1.000. The van der Waals surface area contributed by atoms with Gasteiger partial charge < -0.3 is 10.2 Å². The lowest BCUT2D eigenvalue weighted by atomic mass is 10.1. The van der Waals surface area contributed by atoms with E-state index in [0.717, 1.165) is 0 Å². The van der Waals surface area contributed by atoms with Crippen LogP contribution in [0.15, 0.2) is 6.20 Å². The summed E-state index contributed by atoms with van der Waals surface area (Å²) in [5.41, 5.74) is 0.877. The summed E-state index contributed by atoms with van der Waals surface area (Å²) in [5, 5.41) is 20.9. The van der Waals surface area contributed by atoms with E-state index in [-0.39, 0.29) is 12.8 Å². The first kappa shape index (κ1) is 10.2. The molecule has 1 heterocycles. The number of hydrogen-bond acceptors (Lipinski definition) is 3. The molecule has 0 radical (unpaired) electrons. The smallest absolute Gasteiger partial charge is 0.309 e. The third kappa shape index (κ3) is 2.32. The van der Waals surface area contributed by atoms with Gasteiger partial charge in [-0.25, -0.2) is 0 Å². The minimum absolute atomic E-state index is 0.198. The molecule has 0 aromatic carbocycles. The molecule has 1 rings (SSSR count). The van der Waals surface area contributed by atoms with E-state index >= 15 is 0 Å². The number of carboxylic acid groups (broad SMARTS) is 2. The molecule has 1 aromatic heterocycles. The molecule has 0 unspecified atom stereocenters. The summed E-state index contributed by atoms with van der Waals surface area (Å²) in [6.45, 7) is 0. The molecule has 0 amide bonds. The summed E-state index contributed by atoms with van der Waals surface area (Å²) in [6, 6.07) is 0. The molecule has 14 heavy (non-hydrogen) atoms. The highest BCUT2D eigenvalue weighted by Crippen LogP contribution is 2.09. The van der Waals surface area contributed by atoms with Crippen molar-refractivity contribution in [3.8, 4) is 0 Å². The monoisotopic (exact) mass is 198 g/mol. The van der Waals surface area contributed by atoms with E-state index in [9.17, 15) is 9.59 Å². The predicted molar refractivity (Wildman–Crippen MR) is 45.9 cm³/mol. The van der Waals surface area contributed by atoms with Crippen LogP contribution < -0.4 is 0 Å².